The zero-order chi connectivity index (χ0) is 14.8. The summed E-state index contributed by atoms with van der Waals surface area (Å²) in [4.78, 5) is 0. The molecule has 1 aromatic rings. The van der Waals surface area contributed by atoms with Gasteiger partial charge >= 0.3 is 0 Å². The van der Waals surface area contributed by atoms with E-state index in [1.165, 1.54) is 18.2 Å². The van der Waals surface area contributed by atoms with Crippen molar-refractivity contribution in [2.24, 2.45) is 5.41 Å². The molecule has 0 saturated carbocycles. The van der Waals surface area contributed by atoms with Gasteiger partial charge in [0.15, 0.2) is 0 Å². The van der Waals surface area contributed by atoms with E-state index in [9.17, 15) is 8.78 Å². The quantitative estimate of drug-likeness (QED) is 0.825. The molecular weight excluding hydrogens is 244 g/mol. The van der Waals surface area contributed by atoms with Crippen molar-refractivity contribution < 1.29 is 8.78 Å². The highest BCUT2D eigenvalue weighted by atomic mass is 19.1. The largest absolute Gasteiger partial charge is 0.305 e. The number of hydrogen-bond donors (Lipinski definition) is 1. The van der Waals surface area contributed by atoms with E-state index < -0.39 is 11.6 Å². The van der Waals surface area contributed by atoms with E-state index in [0.29, 0.717) is 0 Å². The van der Waals surface area contributed by atoms with Crippen molar-refractivity contribution in [3.63, 3.8) is 0 Å². The van der Waals surface area contributed by atoms with E-state index in [-0.39, 0.29) is 22.6 Å². The summed E-state index contributed by atoms with van der Waals surface area (Å²) >= 11 is 0. The Morgan fingerprint density at radius 2 is 1.53 bits per heavy atom. The van der Waals surface area contributed by atoms with E-state index >= 15 is 0 Å². The minimum atomic E-state index is -0.494. The van der Waals surface area contributed by atoms with E-state index in [1.807, 2.05) is 0 Å². The third-order valence-corrected chi connectivity index (χ3v) is 3.01. The molecule has 0 spiro atoms. The Morgan fingerprint density at radius 1 is 1.05 bits per heavy atom. The Labute approximate surface area is 115 Å². The van der Waals surface area contributed by atoms with Crippen molar-refractivity contribution in [3.05, 3.63) is 35.4 Å². The summed E-state index contributed by atoms with van der Waals surface area (Å²) in [7, 11) is 0. The SMILES string of the molecule is CC(NC(C)(C)CC(C)(C)C)c1c(F)cccc1F. The van der Waals surface area contributed by atoms with Crippen LogP contribution in [0.5, 0.6) is 0 Å². The second kappa shape index (κ2) is 5.58. The van der Waals surface area contributed by atoms with Gasteiger partial charge in [0.1, 0.15) is 11.6 Å². The molecule has 0 radical (unpaired) electrons. The molecule has 1 aromatic carbocycles. The predicted octanol–water partition coefficient (Wildman–Crippen LogP) is 4.83. The molecule has 0 aliphatic rings. The highest BCUT2D eigenvalue weighted by Crippen LogP contribution is 2.30. The van der Waals surface area contributed by atoms with Crippen LogP contribution in [-0.2, 0) is 0 Å². The molecular formula is C16H25F2N. The molecule has 1 rings (SSSR count). The van der Waals surface area contributed by atoms with E-state index in [2.05, 4.69) is 39.9 Å². The smallest absolute Gasteiger partial charge is 0.130 e. The highest BCUT2D eigenvalue weighted by Gasteiger charge is 2.28. The van der Waals surface area contributed by atoms with Crippen LogP contribution < -0.4 is 5.32 Å². The lowest BCUT2D eigenvalue weighted by Crippen LogP contribution is -2.44. The highest BCUT2D eigenvalue weighted by molar-refractivity contribution is 5.23. The van der Waals surface area contributed by atoms with E-state index in [4.69, 9.17) is 0 Å². The predicted molar refractivity (Wildman–Crippen MR) is 76.1 cm³/mol. The lowest BCUT2D eigenvalue weighted by atomic mass is 9.81. The first kappa shape index (κ1) is 16.1. The van der Waals surface area contributed by atoms with Gasteiger partial charge in [-0.3, -0.25) is 0 Å². The minimum Gasteiger partial charge on any atom is -0.305 e. The van der Waals surface area contributed by atoms with Gasteiger partial charge in [-0.1, -0.05) is 26.8 Å². The maximum Gasteiger partial charge on any atom is 0.130 e. The molecule has 0 bridgehead atoms. The van der Waals surface area contributed by atoms with Gasteiger partial charge in [-0.2, -0.15) is 0 Å². The Balaban J connectivity index is 2.88. The van der Waals surface area contributed by atoms with Gasteiger partial charge < -0.3 is 5.32 Å². The van der Waals surface area contributed by atoms with Crippen LogP contribution in [0.4, 0.5) is 8.78 Å². The Hall–Kier alpha value is -0.960. The van der Waals surface area contributed by atoms with Crippen molar-refractivity contribution in [2.45, 2.75) is 59.5 Å². The summed E-state index contributed by atoms with van der Waals surface area (Å²) in [5.41, 5.74) is 0.0839. The average Bonchev–Trinajstić information content (AvgIpc) is 2.11. The van der Waals surface area contributed by atoms with Gasteiger partial charge in [0, 0.05) is 17.1 Å². The second-order valence-electron chi connectivity index (χ2n) is 7.12. The van der Waals surface area contributed by atoms with Crippen LogP contribution in [0.1, 0.15) is 59.6 Å². The summed E-state index contributed by atoms with van der Waals surface area (Å²) in [6.07, 6.45) is 0.917. The average molecular weight is 269 g/mol. The molecule has 0 saturated heterocycles. The summed E-state index contributed by atoms with van der Waals surface area (Å²) < 4.78 is 27.5. The molecule has 3 heteroatoms. The number of halogens is 2. The second-order valence-corrected chi connectivity index (χ2v) is 7.12. The van der Waals surface area contributed by atoms with Crippen molar-refractivity contribution >= 4 is 0 Å². The lowest BCUT2D eigenvalue weighted by molar-refractivity contribution is 0.224. The number of benzene rings is 1. The lowest BCUT2D eigenvalue weighted by Gasteiger charge is -2.36. The van der Waals surface area contributed by atoms with Crippen LogP contribution in [0, 0.1) is 17.0 Å². The van der Waals surface area contributed by atoms with Crippen LogP contribution in [0.25, 0.3) is 0 Å². The summed E-state index contributed by atoms with van der Waals surface area (Å²) in [6, 6.07) is 3.63. The van der Waals surface area contributed by atoms with Gasteiger partial charge in [0.25, 0.3) is 0 Å². The van der Waals surface area contributed by atoms with Crippen LogP contribution >= 0.6 is 0 Å². The normalized spacial score (nSPS) is 14.5. The molecule has 0 aliphatic carbocycles. The summed E-state index contributed by atoms with van der Waals surface area (Å²) in [5, 5.41) is 3.33. The van der Waals surface area contributed by atoms with Crippen molar-refractivity contribution in [1.29, 1.82) is 0 Å². The molecule has 1 atom stereocenters. The van der Waals surface area contributed by atoms with E-state index in [0.717, 1.165) is 6.42 Å². The summed E-state index contributed by atoms with van der Waals surface area (Å²) in [5.74, 6) is -0.988. The van der Waals surface area contributed by atoms with Crippen molar-refractivity contribution in [1.82, 2.24) is 5.32 Å². The first-order valence-corrected chi connectivity index (χ1v) is 6.73. The third kappa shape index (κ3) is 4.90. The molecule has 19 heavy (non-hydrogen) atoms. The summed E-state index contributed by atoms with van der Waals surface area (Å²) in [6.45, 7) is 12.4. The van der Waals surface area contributed by atoms with E-state index in [1.54, 1.807) is 6.92 Å². The zero-order valence-electron chi connectivity index (χ0n) is 12.8. The molecule has 1 nitrogen and oxygen atoms in total. The number of rotatable bonds is 4. The van der Waals surface area contributed by atoms with Crippen LogP contribution in [0.3, 0.4) is 0 Å². The fourth-order valence-corrected chi connectivity index (χ4v) is 2.96. The fourth-order valence-electron chi connectivity index (χ4n) is 2.96. The molecule has 0 amide bonds. The standard InChI is InChI=1S/C16H25F2N/c1-11(14-12(17)8-7-9-13(14)18)19-16(5,6)10-15(2,3)4/h7-9,11,19H,10H2,1-6H3. The van der Waals surface area contributed by atoms with Crippen LogP contribution in [-0.4, -0.2) is 5.54 Å². The molecule has 0 fully saturated rings. The first-order chi connectivity index (χ1) is 8.52. The fraction of sp³-hybridized carbons (Fsp3) is 0.625. The van der Waals surface area contributed by atoms with Crippen LogP contribution in [0.2, 0.25) is 0 Å². The molecule has 0 aromatic heterocycles. The molecule has 108 valence electrons. The number of hydrogen-bond acceptors (Lipinski definition) is 1. The Kier molecular flexibility index (Phi) is 4.72. The minimum absolute atomic E-state index is 0.115. The van der Waals surface area contributed by atoms with Crippen molar-refractivity contribution in [2.75, 3.05) is 0 Å². The van der Waals surface area contributed by atoms with Gasteiger partial charge in [0.05, 0.1) is 0 Å². The maximum atomic E-state index is 13.7. The number of nitrogens with one attached hydrogen (secondary N) is 1. The molecule has 0 heterocycles. The molecule has 1 unspecified atom stereocenters. The topological polar surface area (TPSA) is 12.0 Å². The maximum absolute atomic E-state index is 13.7. The van der Waals surface area contributed by atoms with Crippen LogP contribution in [0.15, 0.2) is 18.2 Å². The van der Waals surface area contributed by atoms with Gasteiger partial charge in [-0.05, 0) is 44.7 Å². The Morgan fingerprint density at radius 3 is 1.95 bits per heavy atom. The van der Waals surface area contributed by atoms with Crippen molar-refractivity contribution in [3.8, 4) is 0 Å². The molecule has 0 aliphatic heterocycles. The van der Waals surface area contributed by atoms with Gasteiger partial charge in [-0.15, -0.1) is 0 Å². The monoisotopic (exact) mass is 269 g/mol. The van der Waals surface area contributed by atoms with Gasteiger partial charge in [0.2, 0.25) is 0 Å². The third-order valence-electron chi connectivity index (χ3n) is 3.01. The Bertz CT molecular complexity index is 413. The first-order valence-electron chi connectivity index (χ1n) is 6.73. The molecule has 1 N–H and O–H groups in total. The zero-order valence-corrected chi connectivity index (χ0v) is 12.8. The van der Waals surface area contributed by atoms with Gasteiger partial charge in [-0.25, -0.2) is 8.78 Å².